The minimum absolute atomic E-state index is 0.359. The van der Waals surface area contributed by atoms with Gasteiger partial charge in [0.15, 0.2) is 0 Å². The zero-order chi connectivity index (χ0) is 12.8. The quantitative estimate of drug-likeness (QED) is 0.807. The molecular formula is C14H28N2O2. The van der Waals surface area contributed by atoms with Gasteiger partial charge in [-0.3, -0.25) is 4.90 Å². The van der Waals surface area contributed by atoms with Crippen molar-refractivity contribution in [3.8, 4) is 0 Å². The average molecular weight is 256 g/mol. The highest BCUT2D eigenvalue weighted by atomic mass is 16.7. The average Bonchev–Trinajstić information content (AvgIpc) is 2.40. The molecule has 0 aromatic carbocycles. The Kier molecular flexibility index (Phi) is 5.89. The maximum atomic E-state index is 5.67. The highest BCUT2D eigenvalue weighted by Crippen LogP contribution is 2.16. The van der Waals surface area contributed by atoms with Crippen molar-refractivity contribution < 1.29 is 9.47 Å². The van der Waals surface area contributed by atoms with Gasteiger partial charge in [0, 0.05) is 19.1 Å². The normalized spacial score (nSPS) is 30.0. The van der Waals surface area contributed by atoms with Crippen LogP contribution in [-0.4, -0.2) is 56.6 Å². The van der Waals surface area contributed by atoms with E-state index in [0.717, 1.165) is 25.5 Å². The fourth-order valence-corrected chi connectivity index (χ4v) is 2.81. The minimum Gasteiger partial charge on any atom is -0.355 e. The lowest BCUT2D eigenvalue weighted by Crippen LogP contribution is -2.45. The van der Waals surface area contributed by atoms with Gasteiger partial charge in [0.05, 0.1) is 12.7 Å². The lowest BCUT2D eigenvalue weighted by atomic mass is 9.98. The predicted octanol–water partition coefficient (Wildman–Crippen LogP) is 1.46. The van der Waals surface area contributed by atoms with E-state index < -0.39 is 0 Å². The van der Waals surface area contributed by atoms with Gasteiger partial charge in [-0.2, -0.15) is 0 Å². The third-order valence-electron chi connectivity index (χ3n) is 4.03. The molecular weight excluding hydrogens is 228 g/mol. The summed E-state index contributed by atoms with van der Waals surface area (Å²) in [5.74, 6) is 0.806. The molecule has 106 valence electrons. The molecule has 2 aliphatic rings. The van der Waals surface area contributed by atoms with Crippen molar-refractivity contribution in [1.29, 1.82) is 0 Å². The van der Waals surface area contributed by atoms with Crippen molar-refractivity contribution in [3.63, 3.8) is 0 Å². The first-order valence-electron chi connectivity index (χ1n) is 7.40. The Labute approximate surface area is 111 Å². The van der Waals surface area contributed by atoms with E-state index in [0.29, 0.717) is 18.9 Å². The monoisotopic (exact) mass is 256 g/mol. The number of piperidine rings is 1. The molecule has 4 nitrogen and oxygen atoms in total. The minimum atomic E-state index is 0.359. The fourth-order valence-electron chi connectivity index (χ4n) is 2.81. The van der Waals surface area contributed by atoms with E-state index in [4.69, 9.17) is 9.47 Å². The molecule has 0 spiro atoms. The number of nitrogens with one attached hydrogen (secondary N) is 1. The van der Waals surface area contributed by atoms with E-state index in [1.165, 1.54) is 32.5 Å². The second kappa shape index (κ2) is 7.43. The molecule has 2 atom stereocenters. The highest BCUT2D eigenvalue weighted by Gasteiger charge is 2.23. The number of ether oxygens (including phenoxy) is 2. The van der Waals surface area contributed by atoms with Crippen LogP contribution in [0.25, 0.3) is 0 Å². The Morgan fingerprint density at radius 2 is 2.17 bits per heavy atom. The molecule has 2 rings (SSSR count). The van der Waals surface area contributed by atoms with E-state index in [-0.39, 0.29) is 0 Å². The van der Waals surface area contributed by atoms with Crippen molar-refractivity contribution >= 4 is 0 Å². The van der Waals surface area contributed by atoms with Crippen LogP contribution < -0.4 is 5.32 Å². The molecule has 0 radical (unpaired) electrons. The summed E-state index contributed by atoms with van der Waals surface area (Å²) in [7, 11) is 0. The molecule has 2 fully saturated rings. The molecule has 1 N–H and O–H groups in total. The zero-order valence-corrected chi connectivity index (χ0v) is 11.9. The first kappa shape index (κ1) is 14.3. The van der Waals surface area contributed by atoms with Crippen LogP contribution in [0.1, 0.15) is 33.1 Å². The van der Waals surface area contributed by atoms with Gasteiger partial charge >= 0.3 is 0 Å². The van der Waals surface area contributed by atoms with Crippen LogP contribution in [-0.2, 0) is 9.47 Å². The first-order valence-corrected chi connectivity index (χ1v) is 7.40. The molecule has 18 heavy (non-hydrogen) atoms. The summed E-state index contributed by atoms with van der Waals surface area (Å²) >= 11 is 0. The highest BCUT2D eigenvalue weighted by molar-refractivity contribution is 4.77. The van der Waals surface area contributed by atoms with Crippen LogP contribution >= 0.6 is 0 Å². The molecule has 0 aromatic rings. The van der Waals surface area contributed by atoms with Crippen molar-refractivity contribution in [2.24, 2.45) is 5.92 Å². The van der Waals surface area contributed by atoms with Crippen molar-refractivity contribution in [3.05, 3.63) is 0 Å². The third-order valence-corrected chi connectivity index (χ3v) is 4.03. The van der Waals surface area contributed by atoms with Crippen molar-refractivity contribution in [1.82, 2.24) is 10.2 Å². The van der Waals surface area contributed by atoms with Crippen molar-refractivity contribution in [2.75, 3.05) is 39.6 Å². The molecule has 2 heterocycles. The van der Waals surface area contributed by atoms with Gasteiger partial charge in [-0.25, -0.2) is 0 Å². The van der Waals surface area contributed by atoms with Gasteiger partial charge in [-0.1, -0.05) is 0 Å². The van der Waals surface area contributed by atoms with Crippen LogP contribution in [0.3, 0.4) is 0 Å². The number of nitrogens with zero attached hydrogens (tertiary/aromatic N) is 1. The lowest BCUT2D eigenvalue weighted by molar-refractivity contribution is -0.146. The van der Waals surface area contributed by atoms with Crippen LogP contribution in [0, 0.1) is 5.92 Å². The number of hydrogen-bond donors (Lipinski definition) is 1. The van der Waals surface area contributed by atoms with E-state index in [1.807, 2.05) is 0 Å². The van der Waals surface area contributed by atoms with Crippen LogP contribution in [0.15, 0.2) is 0 Å². The fraction of sp³-hybridized carbons (Fsp3) is 1.00. The summed E-state index contributed by atoms with van der Waals surface area (Å²) in [6.45, 7) is 10.5. The molecule has 4 heteroatoms. The van der Waals surface area contributed by atoms with E-state index in [9.17, 15) is 0 Å². The Hall–Kier alpha value is -0.160. The summed E-state index contributed by atoms with van der Waals surface area (Å²) in [4.78, 5) is 2.58. The summed E-state index contributed by atoms with van der Waals surface area (Å²) in [5, 5.41) is 3.50. The van der Waals surface area contributed by atoms with Crippen LogP contribution in [0.4, 0.5) is 0 Å². The van der Waals surface area contributed by atoms with Crippen LogP contribution in [0.5, 0.6) is 0 Å². The molecule has 0 amide bonds. The molecule has 2 unspecified atom stereocenters. The number of hydrogen-bond acceptors (Lipinski definition) is 4. The van der Waals surface area contributed by atoms with Gasteiger partial charge in [0.2, 0.25) is 0 Å². The van der Waals surface area contributed by atoms with Gasteiger partial charge in [-0.15, -0.1) is 0 Å². The first-order chi connectivity index (χ1) is 8.75. The predicted molar refractivity (Wildman–Crippen MR) is 72.6 cm³/mol. The summed E-state index contributed by atoms with van der Waals surface area (Å²) in [6.07, 6.45) is 4.08. The lowest BCUT2D eigenvalue weighted by Gasteiger charge is -2.36. The van der Waals surface area contributed by atoms with Crippen molar-refractivity contribution in [2.45, 2.75) is 45.3 Å². The molecule has 2 saturated heterocycles. The smallest absolute Gasteiger partial charge is 0.147 e. The maximum Gasteiger partial charge on any atom is 0.147 e. The Balaban J connectivity index is 1.78. The summed E-state index contributed by atoms with van der Waals surface area (Å²) in [6, 6.07) is 0.596. The molecule has 0 saturated carbocycles. The summed E-state index contributed by atoms with van der Waals surface area (Å²) in [5.41, 5.74) is 0. The SMILES string of the molecule is CC(C)N(CC1CCCNC1)CC1CCOCO1. The van der Waals surface area contributed by atoms with Crippen LogP contribution in [0.2, 0.25) is 0 Å². The van der Waals surface area contributed by atoms with Gasteiger partial charge in [0.1, 0.15) is 6.79 Å². The zero-order valence-electron chi connectivity index (χ0n) is 11.9. The van der Waals surface area contributed by atoms with Gasteiger partial charge in [-0.05, 0) is 52.1 Å². The largest absolute Gasteiger partial charge is 0.355 e. The maximum absolute atomic E-state index is 5.67. The molecule has 0 aliphatic carbocycles. The van der Waals surface area contributed by atoms with E-state index in [2.05, 4.69) is 24.1 Å². The van der Waals surface area contributed by atoms with Gasteiger partial charge < -0.3 is 14.8 Å². The second-order valence-electron chi connectivity index (χ2n) is 5.86. The van der Waals surface area contributed by atoms with E-state index >= 15 is 0 Å². The second-order valence-corrected chi connectivity index (χ2v) is 5.86. The topological polar surface area (TPSA) is 33.7 Å². The van der Waals surface area contributed by atoms with E-state index in [1.54, 1.807) is 0 Å². The summed E-state index contributed by atoms with van der Waals surface area (Å²) < 4.78 is 10.9. The third kappa shape index (κ3) is 4.50. The Morgan fingerprint density at radius 3 is 2.78 bits per heavy atom. The standard InChI is InChI=1S/C14H28N2O2/c1-12(2)16(9-13-4-3-6-15-8-13)10-14-5-7-17-11-18-14/h12-15H,3-11H2,1-2H3. The molecule has 2 aliphatic heterocycles. The molecule has 0 aromatic heterocycles. The Morgan fingerprint density at radius 1 is 1.28 bits per heavy atom. The van der Waals surface area contributed by atoms with Gasteiger partial charge in [0.25, 0.3) is 0 Å². The molecule has 0 bridgehead atoms. The number of rotatable bonds is 5. The Bertz CT molecular complexity index is 204.